The highest BCUT2D eigenvalue weighted by molar-refractivity contribution is 6.32. The van der Waals surface area contributed by atoms with Crippen molar-refractivity contribution in [1.29, 1.82) is 0 Å². The SMILES string of the molecule is COc1ccc(NC(=O)CCc2nc3ccccc3o2)cc1Cl. The normalized spacial score (nSPS) is 10.7. The van der Waals surface area contributed by atoms with E-state index in [1.807, 2.05) is 24.3 Å². The molecule has 0 aliphatic heterocycles. The van der Waals surface area contributed by atoms with Crippen LogP contribution >= 0.6 is 11.6 Å². The van der Waals surface area contributed by atoms with Crippen LogP contribution in [0.15, 0.2) is 46.9 Å². The second kappa shape index (κ2) is 6.71. The minimum atomic E-state index is -0.131. The number of nitrogens with one attached hydrogen (secondary N) is 1. The molecule has 0 aliphatic carbocycles. The Morgan fingerprint density at radius 2 is 2.13 bits per heavy atom. The molecule has 1 amide bonds. The van der Waals surface area contributed by atoms with Crippen molar-refractivity contribution >= 4 is 34.3 Å². The fourth-order valence-corrected chi connectivity index (χ4v) is 2.47. The van der Waals surface area contributed by atoms with E-state index in [-0.39, 0.29) is 12.3 Å². The fraction of sp³-hybridized carbons (Fsp3) is 0.176. The first-order valence-corrected chi connectivity index (χ1v) is 7.51. The van der Waals surface area contributed by atoms with Gasteiger partial charge < -0.3 is 14.5 Å². The van der Waals surface area contributed by atoms with E-state index in [0.717, 1.165) is 11.1 Å². The maximum Gasteiger partial charge on any atom is 0.224 e. The van der Waals surface area contributed by atoms with Gasteiger partial charge in [-0.3, -0.25) is 4.79 Å². The Morgan fingerprint density at radius 1 is 1.30 bits per heavy atom. The summed E-state index contributed by atoms with van der Waals surface area (Å²) in [5.74, 6) is 0.985. The highest BCUT2D eigenvalue weighted by Crippen LogP contribution is 2.27. The van der Waals surface area contributed by atoms with Crippen LogP contribution in [0, 0.1) is 0 Å². The summed E-state index contributed by atoms with van der Waals surface area (Å²) in [7, 11) is 1.54. The van der Waals surface area contributed by atoms with Gasteiger partial charge in [-0.15, -0.1) is 0 Å². The summed E-state index contributed by atoms with van der Waals surface area (Å²) in [5, 5.41) is 3.24. The van der Waals surface area contributed by atoms with Gasteiger partial charge in [0, 0.05) is 18.5 Å². The molecule has 3 rings (SSSR count). The zero-order valence-corrected chi connectivity index (χ0v) is 13.3. The van der Waals surface area contributed by atoms with Crippen LogP contribution in [0.1, 0.15) is 12.3 Å². The number of methoxy groups -OCH3 is 1. The second-order valence-electron chi connectivity index (χ2n) is 4.97. The topological polar surface area (TPSA) is 64.4 Å². The summed E-state index contributed by atoms with van der Waals surface area (Å²) in [6.07, 6.45) is 0.709. The number of fused-ring (bicyclic) bond motifs is 1. The number of nitrogens with zero attached hydrogens (tertiary/aromatic N) is 1. The number of ether oxygens (including phenoxy) is 1. The van der Waals surface area contributed by atoms with Crippen molar-refractivity contribution in [2.24, 2.45) is 0 Å². The minimum Gasteiger partial charge on any atom is -0.495 e. The van der Waals surface area contributed by atoms with E-state index < -0.39 is 0 Å². The van der Waals surface area contributed by atoms with Gasteiger partial charge in [-0.05, 0) is 30.3 Å². The lowest BCUT2D eigenvalue weighted by Crippen LogP contribution is -2.12. The Hall–Kier alpha value is -2.53. The van der Waals surface area contributed by atoms with Crippen molar-refractivity contribution in [3.63, 3.8) is 0 Å². The van der Waals surface area contributed by atoms with E-state index in [2.05, 4.69) is 10.3 Å². The van der Waals surface area contributed by atoms with Gasteiger partial charge >= 0.3 is 0 Å². The number of halogens is 1. The van der Waals surface area contributed by atoms with E-state index >= 15 is 0 Å². The van der Waals surface area contributed by atoms with Crippen LogP contribution in [-0.4, -0.2) is 18.0 Å². The molecule has 0 spiro atoms. The average molecular weight is 331 g/mol. The Balaban J connectivity index is 1.60. The molecule has 2 aromatic carbocycles. The first kappa shape index (κ1) is 15.4. The van der Waals surface area contributed by atoms with Crippen LogP contribution in [0.3, 0.4) is 0 Å². The number of hydrogen-bond donors (Lipinski definition) is 1. The van der Waals surface area contributed by atoms with Gasteiger partial charge in [0.2, 0.25) is 5.91 Å². The van der Waals surface area contributed by atoms with Gasteiger partial charge in [-0.2, -0.15) is 0 Å². The molecular weight excluding hydrogens is 316 g/mol. The van der Waals surface area contributed by atoms with Crippen LogP contribution in [0.5, 0.6) is 5.75 Å². The second-order valence-corrected chi connectivity index (χ2v) is 5.38. The summed E-state index contributed by atoms with van der Waals surface area (Å²) >= 11 is 6.03. The Kier molecular flexibility index (Phi) is 4.48. The van der Waals surface area contributed by atoms with Gasteiger partial charge in [0.1, 0.15) is 11.3 Å². The van der Waals surface area contributed by atoms with Crippen molar-refractivity contribution in [2.45, 2.75) is 12.8 Å². The fourth-order valence-electron chi connectivity index (χ4n) is 2.21. The molecule has 118 valence electrons. The van der Waals surface area contributed by atoms with Crippen molar-refractivity contribution < 1.29 is 13.9 Å². The van der Waals surface area contributed by atoms with Crippen molar-refractivity contribution in [3.05, 3.63) is 53.4 Å². The number of carbonyl (C=O) groups is 1. The molecule has 0 saturated heterocycles. The van der Waals surface area contributed by atoms with Crippen molar-refractivity contribution in [3.8, 4) is 5.75 Å². The van der Waals surface area contributed by atoms with E-state index in [1.165, 1.54) is 0 Å². The smallest absolute Gasteiger partial charge is 0.224 e. The summed E-state index contributed by atoms with van der Waals surface area (Å²) in [4.78, 5) is 16.4. The van der Waals surface area contributed by atoms with Gasteiger partial charge in [0.15, 0.2) is 11.5 Å². The molecule has 0 radical (unpaired) electrons. The van der Waals surface area contributed by atoms with Gasteiger partial charge in [-0.1, -0.05) is 23.7 Å². The molecule has 5 nitrogen and oxygen atoms in total. The number of para-hydroxylation sites is 2. The Morgan fingerprint density at radius 3 is 2.87 bits per heavy atom. The summed E-state index contributed by atoms with van der Waals surface area (Å²) in [6.45, 7) is 0. The van der Waals surface area contributed by atoms with Crippen LogP contribution in [-0.2, 0) is 11.2 Å². The number of aryl methyl sites for hydroxylation is 1. The average Bonchev–Trinajstić information content (AvgIpc) is 2.96. The molecule has 0 unspecified atom stereocenters. The largest absolute Gasteiger partial charge is 0.495 e. The van der Waals surface area contributed by atoms with E-state index in [4.69, 9.17) is 20.8 Å². The maximum atomic E-state index is 12.0. The molecular formula is C17H15ClN2O3. The molecule has 1 aromatic heterocycles. The zero-order chi connectivity index (χ0) is 16.2. The number of hydrogen-bond acceptors (Lipinski definition) is 4. The molecule has 23 heavy (non-hydrogen) atoms. The monoisotopic (exact) mass is 330 g/mol. The number of benzene rings is 2. The molecule has 0 aliphatic rings. The lowest BCUT2D eigenvalue weighted by atomic mass is 10.2. The third-order valence-corrected chi connectivity index (χ3v) is 3.64. The van der Waals surface area contributed by atoms with Crippen LogP contribution in [0.4, 0.5) is 5.69 Å². The van der Waals surface area contributed by atoms with Crippen LogP contribution < -0.4 is 10.1 Å². The summed E-state index contributed by atoms with van der Waals surface area (Å²) < 4.78 is 10.7. The number of carbonyl (C=O) groups excluding carboxylic acids is 1. The quantitative estimate of drug-likeness (QED) is 0.766. The molecule has 0 fully saturated rings. The molecule has 0 bridgehead atoms. The molecule has 3 aromatic rings. The molecule has 1 heterocycles. The zero-order valence-electron chi connectivity index (χ0n) is 12.5. The first-order chi connectivity index (χ1) is 11.2. The van der Waals surface area contributed by atoms with Crippen LogP contribution in [0.25, 0.3) is 11.1 Å². The molecule has 0 saturated carbocycles. The number of rotatable bonds is 5. The number of oxazole rings is 1. The van der Waals surface area contributed by atoms with Gasteiger partial charge in [-0.25, -0.2) is 4.98 Å². The lowest BCUT2D eigenvalue weighted by molar-refractivity contribution is -0.116. The maximum absolute atomic E-state index is 12.0. The third-order valence-electron chi connectivity index (χ3n) is 3.34. The summed E-state index contributed by atoms with van der Waals surface area (Å²) in [5.41, 5.74) is 2.15. The van der Waals surface area contributed by atoms with Gasteiger partial charge in [0.25, 0.3) is 0 Å². The Bertz CT molecular complexity index is 812. The highest BCUT2D eigenvalue weighted by atomic mass is 35.5. The number of anilines is 1. The van der Waals surface area contributed by atoms with E-state index in [1.54, 1.807) is 25.3 Å². The summed E-state index contributed by atoms with van der Waals surface area (Å²) in [6, 6.07) is 12.6. The van der Waals surface area contributed by atoms with Crippen molar-refractivity contribution in [2.75, 3.05) is 12.4 Å². The molecule has 0 atom stereocenters. The third kappa shape index (κ3) is 3.63. The van der Waals surface area contributed by atoms with Crippen LogP contribution in [0.2, 0.25) is 5.02 Å². The number of amides is 1. The highest BCUT2D eigenvalue weighted by Gasteiger charge is 2.09. The minimum absolute atomic E-state index is 0.131. The Labute approximate surface area is 138 Å². The van der Waals surface area contributed by atoms with Crippen molar-refractivity contribution in [1.82, 2.24) is 4.98 Å². The first-order valence-electron chi connectivity index (χ1n) is 7.13. The molecule has 1 N–H and O–H groups in total. The predicted octanol–water partition coefficient (Wildman–Crippen LogP) is 4.06. The van der Waals surface area contributed by atoms with E-state index in [0.29, 0.717) is 28.8 Å². The number of aromatic nitrogens is 1. The lowest BCUT2D eigenvalue weighted by Gasteiger charge is -2.07. The standard InChI is InChI=1S/C17H15ClN2O3/c1-22-14-7-6-11(10-12(14)18)19-16(21)8-9-17-20-13-4-2-3-5-15(13)23-17/h2-7,10H,8-9H2,1H3,(H,19,21). The predicted molar refractivity (Wildman–Crippen MR) is 89.0 cm³/mol. The van der Waals surface area contributed by atoms with E-state index in [9.17, 15) is 4.79 Å². The van der Waals surface area contributed by atoms with Gasteiger partial charge in [0.05, 0.1) is 12.1 Å². The molecule has 6 heteroatoms.